The summed E-state index contributed by atoms with van der Waals surface area (Å²) in [5.74, 6) is 6.03. The van der Waals surface area contributed by atoms with Crippen molar-refractivity contribution in [3.63, 3.8) is 0 Å². The second-order valence-electron chi connectivity index (χ2n) is 3.84. The van der Waals surface area contributed by atoms with Gasteiger partial charge < -0.3 is 5.73 Å². The van der Waals surface area contributed by atoms with E-state index in [1.807, 2.05) is 12.1 Å². The van der Waals surface area contributed by atoms with Gasteiger partial charge in [-0.25, -0.2) is 19.5 Å². The van der Waals surface area contributed by atoms with Crippen molar-refractivity contribution in [3.8, 4) is 23.1 Å². The maximum absolute atomic E-state index is 5.47. The molecular weight excluding hydrogens is 240 g/mol. The van der Waals surface area contributed by atoms with Crippen LogP contribution in [0.4, 0.5) is 5.95 Å². The third-order valence-corrected chi connectivity index (χ3v) is 2.58. The Kier molecular flexibility index (Phi) is 2.58. The number of imidazole rings is 1. The van der Waals surface area contributed by atoms with E-state index in [9.17, 15) is 0 Å². The maximum atomic E-state index is 5.47. The van der Waals surface area contributed by atoms with Crippen molar-refractivity contribution in [3.05, 3.63) is 36.4 Å². The predicted molar refractivity (Wildman–Crippen MR) is 71.0 cm³/mol. The first kappa shape index (κ1) is 11.2. The van der Waals surface area contributed by atoms with E-state index in [4.69, 9.17) is 5.73 Å². The Bertz CT molecular complexity index is 791. The van der Waals surface area contributed by atoms with Crippen LogP contribution in [0.1, 0.15) is 12.6 Å². The van der Waals surface area contributed by atoms with E-state index in [2.05, 4.69) is 31.9 Å². The van der Waals surface area contributed by atoms with Crippen molar-refractivity contribution >= 4 is 11.6 Å². The molecule has 3 heterocycles. The Morgan fingerprint density at radius 1 is 1.11 bits per heavy atom. The molecule has 0 bridgehead atoms. The molecule has 6 nitrogen and oxygen atoms in total. The standard InChI is InChI=1S/C13H10N6/c1-2-3-10-8-15-12-5-4-11(18-19(10)12)9-6-16-13(14)17-7-9/h4-8H,1H3,(H2,14,16,17). The third-order valence-electron chi connectivity index (χ3n) is 2.58. The molecule has 0 radical (unpaired) electrons. The summed E-state index contributed by atoms with van der Waals surface area (Å²) in [6.45, 7) is 1.77. The lowest BCUT2D eigenvalue weighted by molar-refractivity contribution is 0.927. The van der Waals surface area contributed by atoms with Crippen molar-refractivity contribution in [1.82, 2.24) is 24.6 Å². The van der Waals surface area contributed by atoms with Gasteiger partial charge in [0.15, 0.2) is 5.65 Å². The number of aromatic nitrogens is 5. The minimum atomic E-state index is 0.241. The highest BCUT2D eigenvalue weighted by molar-refractivity contribution is 5.59. The molecule has 0 aromatic carbocycles. The fraction of sp³-hybridized carbons (Fsp3) is 0.0769. The van der Waals surface area contributed by atoms with Crippen LogP contribution in [0.5, 0.6) is 0 Å². The number of nitrogens with zero attached hydrogens (tertiary/aromatic N) is 5. The molecule has 3 rings (SSSR count). The molecule has 0 fully saturated rings. The van der Waals surface area contributed by atoms with Crippen molar-refractivity contribution in [2.45, 2.75) is 6.92 Å². The number of rotatable bonds is 1. The lowest BCUT2D eigenvalue weighted by Gasteiger charge is -2.01. The smallest absolute Gasteiger partial charge is 0.219 e. The fourth-order valence-corrected chi connectivity index (χ4v) is 1.71. The minimum absolute atomic E-state index is 0.241. The van der Waals surface area contributed by atoms with Crippen LogP contribution >= 0.6 is 0 Å². The zero-order chi connectivity index (χ0) is 13.2. The minimum Gasteiger partial charge on any atom is -0.368 e. The second kappa shape index (κ2) is 4.38. The zero-order valence-corrected chi connectivity index (χ0v) is 10.2. The van der Waals surface area contributed by atoms with Crippen molar-refractivity contribution < 1.29 is 0 Å². The second-order valence-corrected chi connectivity index (χ2v) is 3.84. The topological polar surface area (TPSA) is 82.0 Å². The number of nitrogens with two attached hydrogens (primary N) is 1. The van der Waals surface area contributed by atoms with Crippen LogP contribution < -0.4 is 5.73 Å². The molecule has 0 aliphatic carbocycles. The molecule has 6 heteroatoms. The summed E-state index contributed by atoms with van der Waals surface area (Å²) in [6.07, 6.45) is 4.97. The average Bonchev–Trinajstić information content (AvgIpc) is 2.83. The van der Waals surface area contributed by atoms with Crippen molar-refractivity contribution in [2.24, 2.45) is 0 Å². The summed E-state index contributed by atoms with van der Waals surface area (Å²) in [5, 5.41) is 4.48. The Hall–Kier alpha value is -2.94. The first-order valence-corrected chi connectivity index (χ1v) is 5.63. The van der Waals surface area contributed by atoms with Gasteiger partial charge in [-0.1, -0.05) is 5.92 Å². The molecule has 0 saturated carbocycles. The quantitative estimate of drug-likeness (QED) is 0.655. The highest BCUT2D eigenvalue weighted by atomic mass is 15.3. The third kappa shape index (κ3) is 1.98. The summed E-state index contributed by atoms with van der Waals surface area (Å²) in [5.41, 5.74) is 8.49. The number of fused-ring (bicyclic) bond motifs is 1. The maximum Gasteiger partial charge on any atom is 0.219 e. The van der Waals surface area contributed by atoms with E-state index < -0.39 is 0 Å². The number of hydrogen-bond donors (Lipinski definition) is 1. The Morgan fingerprint density at radius 2 is 1.89 bits per heavy atom. The molecule has 0 spiro atoms. The number of hydrogen-bond acceptors (Lipinski definition) is 5. The highest BCUT2D eigenvalue weighted by Crippen LogP contribution is 2.16. The van der Waals surface area contributed by atoms with Crippen molar-refractivity contribution in [2.75, 3.05) is 5.73 Å². The molecular formula is C13H10N6. The van der Waals surface area contributed by atoms with Gasteiger partial charge in [0.05, 0.1) is 11.9 Å². The summed E-state index contributed by atoms with van der Waals surface area (Å²) in [4.78, 5) is 12.1. The monoisotopic (exact) mass is 250 g/mol. The van der Waals surface area contributed by atoms with E-state index in [0.717, 1.165) is 22.6 Å². The summed E-state index contributed by atoms with van der Waals surface area (Å²) in [6, 6.07) is 3.74. The van der Waals surface area contributed by atoms with Gasteiger partial charge in [0.1, 0.15) is 5.69 Å². The molecule has 0 aliphatic rings. The van der Waals surface area contributed by atoms with Crippen LogP contribution in [0.15, 0.2) is 30.7 Å². The van der Waals surface area contributed by atoms with Crippen LogP contribution in [0.3, 0.4) is 0 Å². The molecule has 0 saturated heterocycles. The van der Waals surface area contributed by atoms with Gasteiger partial charge in [-0.3, -0.25) is 0 Å². The number of anilines is 1. The van der Waals surface area contributed by atoms with Crippen LogP contribution in [-0.2, 0) is 0 Å². The predicted octanol–water partition coefficient (Wildman–Crippen LogP) is 1.14. The molecule has 0 amide bonds. The van der Waals surface area contributed by atoms with Crippen LogP contribution in [-0.4, -0.2) is 24.6 Å². The molecule has 3 aromatic rings. The van der Waals surface area contributed by atoms with E-state index in [0.29, 0.717) is 0 Å². The highest BCUT2D eigenvalue weighted by Gasteiger charge is 2.06. The van der Waals surface area contributed by atoms with Crippen LogP contribution in [0, 0.1) is 11.8 Å². The molecule has 0 unspecified atom stereocenters. The Morgan fingerprint density at radius 3 is 2.63 bits per heavy atom. The zero-order valence-electron chi connectivity index (χ0n) is 10.2. The molecule has 19 heavy (non-hydrogen) atoms. The molecule has 3 aromatic heterocycles. The first-order chi connectivity index (χ1) is 9.28. The van der Waals surface area contributed by atoms with Crippen LogP contribution in [0.2, 0.25) is 0 Å². The van der Waals surface area contributed by atoms with E-state index in [1.165, 1.54) is 0 Å². The molecule has 0 atom stereocenters. The first-order valence-electron chi connectivity index (χ1n) is 5.63. The molecule has 2 N–H and O–H groups in total. The van der Waals surface area contributed by atoms with E-state index >= 15 is 0 Å². The largest absolute Gasteiger partial charge is 0.368 e. The molecule has 92 valence electrons. The van der Waals surface area contributed by atoms with Gasteiger partial charge in [0.2, 0.25) is 5.95 Å². The Labute approximate surface area is 109 Å². The van der Waals surface area contributed by atoms with Gasteiger partial charge in [0, 0.05) is 18.0 Å². The average molecular weight is 250 g/mol. The van der Waals surface area contributed by atoms with Gasteiger partial charge in [0.25, 0.3) is 0 Å². The lowest BCUT2D eigenvalue weighted by Crippen LogP contribution is -1.99. The normalized spacial score (nSPS) is 10.2. The van der Waals surface area contributed by atoms with E-state index in [-0.39, 0.29) is 5.95 Å². The summed E-state index contributed by atoms with van der Waals surface area (Å²) < 4.78 is 1.70. The van der Waals surface area contributed by atoms with E-state index in [1.54, 1.807) is 30.0 Å². The van der Waals surface area contributed by atoms with Gasteiger partial charge in [-0.15, -0.1) is 0 Å². The SMILES string of the molecule is CC#Cc1cnc2ccc(-c3cnc(N)nc3)nn12. The summed E-state index contributed by atoms with van der Waals surface area (Å²) >= 11 is 0. The van der Waals surface area contributed by atoms with Gasteiger partial charge >= 0.3 is 0 Å². The van der Waals surface area contributed by atoms with Crippen LogP contribution in [0.25, 0.3) is 16.9 Å². The summed E-state index contributed by atoms with van der Waals surface area (Å²) in [7, 11) is 0. The fourth-order valence-electron chi connectivity index (χ4n) is 1.71. The van der Waals surface area contributed by atoms with Gasteiger partial charge in [-0.05, 0) is 25.0 Å². The number of nitrogen functional groups attached to an aromatic ring is 1. The van der Waals surface area contributed by atoms with Gasteiger partial charge in [-0.2, -0.15) is 5.10 Å². The lowest BCUT2D eigenvalue weighted by atomic mass is 10.2. The molecule has 0 aliphatic heterocycles. The Balaban J connectivity index is 2.16. The van der Waals surface area contributed by atoms with Crippen molar-refractivity contribution in [1.29, 1.82) is 0 Å².